The first-order valence-corrected chi connectivity index (χ1v) is 11.3. The Hall–Kier alpha value is -2.54. The zero-order valence-corrected chi connectivity index (χ0v) is 18.3. The fourth-order valence-corrected chi connectivity index (χ4v) is 5.43. The molecule has 2 aromatic rings. The van der Waals surface area contributed by atoms with Gasteiger partial charge in [-0.1, -0.05) is 6.07 Å². The number of thiophene rings is 1. The SMILES string of the molecule is COc1ccc(CNC(=O)C2CCc3sc(C(=O)N4CCCC4)cc3C2)cc1OC. The standard InChI is InChI=1S/C23H28N2O4S/c1-28-18-7-5-15(11-19(18)29-2)14-24-22(26)16-6-8-20-17(12-16)13-21(30-20)23(27)25-9-3-4-10-25/h5,7,11,13,16H,3-4,6,8-10,12,14H2,1-2H3,(H,24,26). The number of nitrogens with zero attached hydrogens (tertiary/aromatic N) is 1. The van der Waals surface area contributed by atoms with E-state index in [0.29, 0.717) is 24.5 Å². The molecule has 1 unspecified atom stereocenters. The van der Waals surface area contributed by atoms with E-state index in [2.05, 4.69) is 5.32 Å². The molecule has 6 nitrogen and oxygen atoms in total. The summed E-state index contributed by atoms with van der Waals surface area (Å²) in [4.78, 5) is 29.5. The number of likely N-dealkylation sites (tertiary alicyclic amines) is 1. The van der Waals surface area contributed by atoms with Gasteiger partial charge in [0.15, 0.2) is 11.5 Å². The number of methoxy groups -OCH3 is 2. The number of carbonyl (C=O) groups is 2. The number of carbonyl (C=O) groups excluding carboxylic acids is 2. The summed E-state index contributed by atoms with van der Waals surface area (Å²) >= 11 is 1.61. The van der Waals surface area contributed by atoms with Crippen molar-refractivity contribution in [3.8, 4) is 11.5 Å². The van der Waals surface area contributed by atoms with E-state index in [1.165, 1.54) is 10.4 Å². The predicted octanol–water partition coefficient (Wildman–Crippen LogP) is 3.42. The molecule has 0 bridgehead atoms. The van der Waals surface area contributed by atoms with Crippen LogP contribution in [0.25, 0.3) is 0 Å². The lowest BCUT2D eigenvalue weighted by molar-refractivity contribution is -0.125. The minimum absolute atomic E-state index is 0.0537. The number of nitrogens with one attached hydrogen (secondary N) is 1. The van der Waals surface area contributed by atoms with Gasteiger partial charge in [-0.3, -0.25) is 9.59 Å². The van der Waals surface area contributed by atoms with Gasteiger partial charge in [-0.2, -0.15) is 0 Å². The van der Waals surface area contributed by atoms with Gasteiger partial charge in [0.05, 0.1) is 19.1 Å². The Bertz CT molecular complexity index is 933. The van der Waals surface area contributed by atoms with E-state index >= 15 is 0 Å². The molecule has 1 N–H and O–H groups in total. The van der Waals surface area contributed by atoms with Crippen LogP contribution in [0.4, 0.5) is 0 Å². The zero-order valence-electron chi connectivity index (χ0n) is 17.5. The number of hydrogen-bond donors (Lipinski definition) is 1. The number of fused-ring (bicyclic) bond motifs is 1. The number of rotatable bonds is 6. The topological polar surface area (TPSA) is 67.9 Å². The van der Waals surface area contributed by atoms with Crippen molar-refractivity contribution in [1.29, 1.82) is 0 Å². The lowest BCUT2D eigenvalue weighted by Gasteiger charge is -2.21. The number of amides is 2. The minimum atomic E-state index is -0.0537. The van der Waals surface area contributed by atoms with Gasteiger partial charge in [-0.15, -0.1) is 11.3 Å². The summed E-state index contributed by atoms with van der Waals surface area (Å²) in [7, 11) is 3.20. The van der Waals surface area contributed by atoms with Gasteiger partial charge < -0.3 is 19.7 Å². The van der Waals surface area contributed by atoms with E-state index in [-0.39, 0.29) is 17.7 Å². The van der Waals surface area contributed by atoms with Crippen LogP contribution in [0.1, 0.15) is 44.9 Å². The lowest BCUT2D eigenvalue weighted by atomic mass is 9.87. The van der Waals surface area contributed by atoms with E-state index in [4.69, 9.17) is 9.47 Å². The molecule has 1 aromatic carbocycles. The van der Waals surface area contributed by atoms with Crippen molar-refractivity contribution in [3.63, 3.8) is 0 Å². The van der Waals surface area contributed by atoms with Crippen molar-refractivity contribution >= 4 is 23.2 Å². The van der Waals surface area contributed by atoms with E-state index in [0.717, 1.165) is 49.2 Å². The van der Waals surface area contributed by atoms with Crippen LogP contribution in [0.2, 0.25) is 0 Å². The molecular weight excluding hydrogens is 400 g/mol. The Kier molecular flexibility index (Phi) is 6.27. The average molecular weight is 429 g/mol. The summed E-state index contributed by atoms with van der Waals surface area (Å²) in [6.07, 6.45) is 4.58. The highest BCUT2D eigenvalue weighted by molar-refractivity contribution is 7.14. The molecule has 2 aliphatic rings. The van der Waals surface area contributed by atoms with Gasteiger partial charge >= 0.3 is 0 Å². The monoisotopic (exact) mass is 428 g/mol. The van der Waals surface area contributed by atoms with Crippen molar-refractivity contribution < 1.29 is 19.1 Å². The first-order chi connectivity index (χ1) is 14.6. The fourth-order valence-electron chi connectivity index (χ4n) is 4.25. The highest BCUT2D eigenvalue weighted by atomic mass is 32.1. The summed E-state index contributed by atoms with van der Waals surface area (Å²) in [5.41, 5.74) is 2.13. The van der Waals surface area contributed by atoms with Gasteiger partial charge in [0.25, 0.3) is 5.91 Å². The largest absolute Gasteiger partial charge is 0.493 e. The second-order valence-electron chi connectivity index (χ2n) is 7.91. The fraction of sp³-hybridized carbons (Fsp3) is 0.478. The maximum Gasteiger partial charge on any atom is 0.263 e. The first-order valence-electron chi connectivity index (χ1n) is 10.5. The first kappa shape index (κ1) is 20.7. The molecule has 7 heteroatoms. The van der Waals surface area contributed by atoms with E-state index in [9.17, 15) is 9.59 Å². The number of benzene rings is 1. The van der Waals surface area contributed by atoms with Gasteiger partial charge in [0, 0.05) is 30.4 Å². The van der Waals surface area contributed by atoms with Crippen LogP contribution in [0.15, 0.2) is 24.3 Å². The van der Waals surface area contributed by atoms with Crippen molar-refractivity contribution in [2.24, 2.45) is 5.92 Å². The lowest BCUT2D eigenvalue weighted by Crippen LogP contribution is -2.33. The third-order valence-electron chi connectivity index (χ3n) is 5.97. The predicted molar refractivity (Wildman–Crippen MR) is 116 cm³/mol. The minimum Gasteiger partial charge on any atom is -0.493 e. The molecule has 0 radical (unpaired) electrons. The normalized spacial score (nSPS) is 18.1. The van der Waals surface area contributed by atoms with E-state index in [1.54, 1.807) is 25.6 Å². The molecule has 1 fully saturated rings. The van der Waals surface area contributed by atoms with Gasteiger partial charge in [-0.05, 0) is 61.4 Å². The average Bonchev–Trinajstić information content (AvgIpc) is 3.46. The van der Waals surface area contributed by atoms with Crippen molar-refractivity contribution in [3.05, 3.63) is 45.1 Å². The molecule has 1 aliphatic carbocycles. The quantitative estimate of drug-likeness (QED) is 0.766. The van der Waals surface area contributed by atoms with Crippen LogP contribution >= 0.6 is 11.3 Å². The highest BCUT2D eigenvalue weighted by Gasteiger charge is 2.29. The Morgan fingerprint density at radius 2 is 1.90 bits per heavy atom. The summed E-state index contributed by atoms with van der Waals surface area (Å²) in [6, 6.07) is 7.68. The molecule has 0 saturated carbocycles. The summed E-state index contributed by atoms with van der Waals surface area (Å²) in [6.45, 7) is 2.18. The highest BCUT2D eigenvalue weighted by Crippen LogP contribution is 2.34. The third-order valence-corrected chi connectivity index (χ3v) is 7.20. The van der Waals surface area contributed by atoms with Crippen LogP contribution < -0.4 is 14.8 Å². The van der Waals surface area contributed by atoms with E-state index < -0.39 is 0 Å². The van der Waals surface area contributed by atoms with Crippen LogP contribution in [-0.4, -0.2) is 44.0 Å². The van der Waals surface area contributed by atoms with Crippen LogP contribution in [0.3, 0.4) is 0 Å². The smallest absolute Gasteiger partial charge is 0.263 e. The van der Waals surface area contributed by atoms with Crippen LogP contribution in [0, 0.1) is 5.92 Å². The molecule has 1 atom stereocenters. The zero-order chi connectivity index (χ0) is 21.1. The maximum atomic E-state index is 12.8. The van der Waals surface area contributed by atoms with Crippen LogP contribution in [-0.2, 0) is 24.2 Å². The summed E-state index contributed by atoms with van der Waals surface area (Å²) in [5.74, 6) is 1.49. The molecule has 1 saturated heterocycles. The molecule has 30 heavy (non-hydrogen) atoms. The second-order valence-corrected chi connectivity index (χ2v) is 9.04. The Balaban J connectivity index is 1.36. The Morgan fingerprint density at radius 1 is 1.13 bits per heavy atom. The molecule has 1 aromatic heterocycles. The van der Waals surface area contributed by atoms with Gasteiger partial charge in [-0.25, -0.2) is 0 Å². The molecule has 1 aliphatic heterocycles. The maximum absolute atomic E-state index is 12.8. The molecular formula is C23H28N2O4S. The number of hydrogen-bond acceptors (Lipinski definition) is 5. The molecule has 160 valence electrons. The Morgan fingerprint density at radius 3 is 2.63 bits per heavy atom. The van der Waals surface area contributed by atoms with Crippen molar-refractivity contribution in [2.75, 3.05) is 27.3 Å². The van der Waals surface area contributed by atoms with E-state index in [1.807, 2.05) is 29.2 Å². The molecule has 2 amide bonds. The Labute approximate surface area is 181 Å². The second kappa shape index (κ2) is 9.08. The molecule has 2 heterocycles. The van der Waals surface area contributed by atoms with Crippen molar-refractivity contribution in [1.82, 2.24) is 10.2 Å². The van der Waals surface area contributed by atoms with Crippen molar-refractivity contribution in [2.45, 2.75) is 38.6 Å². The van der Waals surface area contributed by atoms with Gasteiger partial charge in [0.1, 0.15) is 0 Å². The number of ether oxygens (including phenoxy) is 2. The molecule has 0 spiro atoms. The van der Waals surface area contributed by atoms with Gasteiger partial charge in [0.2, 0.25) is 5.91 Å². The summed E-state index contributed by atoms with van der Waals surface area (Å²) in [5, 5.41) is 3.06. The summed E-state index contributed by atoms with van der Waals surface area (Å²) < 4.78 is 10.6. The number of aryl methyl sites for hydroxylation is 1. The third kappa shape index (κ3) is 4.31. The molecule has 4 rings (SSSR count). The van der Waals surface area contributed by atoms with Crippen LogP contribution in [0.5, 0.6) is 11.5 Å².